The molecule has 0 radical (unpaired) electrons. The van der Waals surface area contributed by atoms with Crippen molar-refractivity contribution in [3.63, 3.8) is 0 Å². The molecule has 20 heavy (non-hydrogen) atoms. The minimum absolute atomic E-state index is 0.0378. The Bertz CT molecular complexity index is 573. The second kappa shape index (κ2) is 7.61. The quantitative estimate of drug-likeness (QED) is 0.425. The Labute approximate surface area is 139 Å². The van der Waals surface area contributed by atoms with Crippen LogP contribution < -0.4 is 11.3 Å². The van der Waals surface area contributed by atoms with E-state index in [1.165, 1.54) is 4.90 Å². The van der Waals surface area contributed by atoms with Gasteiger partial charge in [-0.05, 0) is 41.1 Å². The first-order valence-corrected chi connectivity index (χ1v) is 8.78. The summed E-state index contributed by atoms with van der Waals surface area (Å²) in [4.78, 5) is 1.21. The molecule has 7 heteroatoms. The summed E-state index contributed by atoms with van der Waals surface area (Å²) in [6, 6.07) is 8.28. The van der Waals surface area contributed by atoms with Gasteiger partial charge in [0, 0.05) is 21.7 Å². The van der Waals surface area contributed by atoms with Crippen LogP contribution in [-0.4, -0.2) is 15.5 Å². The summed E-state index contributed by atoms with van der Waals surface area (Å²) in [6.45, 7) is 2.89. The van der Waals surface area contributed by atoms with Gasteiger partial charge < -0.3 is 0 Å². The zero-order chi connectivity index (χ0) is 14.5. The highest BCUT2D eigenvalue weighted by Gasteiger charge is 2.18. The minimum Gasteiger partial charge on any atom is -0.271 e. The van der Waals surface area contributed by atoms with Gasteiger partial charge in [0.1, 0.15) is 0 Å². The number of rotatable bonds is 6. The number of hydrogen-bond acceptors (Lipinski definition) is 4. The van der Waals surface area contributed by atoms with E-state index >= 15 is 0 Å². The smallest absolute Gasteiger partial charge is 0.0734 e. The van der Waals surface area contributed by atoms with Crippen LogP contribution in [0.5, 0.6) is 0 Å². The van der Waals surface area contributed by atoms with Gasteiger partial charge >= 0.3 is 0 Å². The van der Waals surface area contributed by atoms with Gasteiger partial charge in [-0.3, -0.25) is 16.0 Å². The van der Waals surface area contributed by atoms with Crippen LogP contribution in [0, 0.1) is 0 Å². The summed E-state index contributed by atoms with van der Waals surface area (Å²) in [5, 5.41) is 4.33. The van der Waals surface area contributed by atoms with E-state index in [2.05, 4.69) is 61.4 Å². The maximum absolute atomic E-state index is 5.72. The van der Waals surface area contributed by atoms with E-state index in [1.807, 2.05) is 23.0 Å². The van der Waals surface area contributed by atoms with Gasteiger partial charge in [0.05, 0.1) is 22.4 Å². The number of hydrazine groups is 1. The Kier molecular flexibility index (Phi) is 6.10. The number of aromatic nitrogens is 2. The van der Waals surface area contributed by atoms with Crippen molar-refractivity contribution in [3.05, 3.63) is 45.1 Å². The Morgan fingerprint density at radius 2 is 2.25 bits per heavy atom. The van der Waals surface area contributed by atoms with Gasteiger partial charge in [0.25, 0.3) is 0 Å². The summed E-state index contributed by atoms with van der Waals surface area (Å²) in [7, 11) is 0. The third-order valence-corrected chi connectivity index (χ3v) is 5.07. The molecule has 1 heterocycles. The molecule has 1 atom stereocenters. The molecule has 4 nitrogen and oxygen atoms in total. The topological polar surface area (TPSA) is 55.9 Å². The van der Waals surface area contributed by atoms with Crippen LogP contribution in [0.25, 0.3) is 0 Å². The van der Waals surface area contributed by atoms with Gasteiger partial charge in [-0.1, -0.05) is 22.0 Å². The first-order valence-electron chi connectivity index (χ1n) is 6.21. The van der Waals surface area contributed by atoms with Gasteiger partial charge in [0.2, 0.25) is 0 Å². The summed E-state index contributed by atoms with van der Waals surface area (Å²) in [5.41, 5.74) is 3.96. The number of hydrogen-bond donors (Lipinski definition) is 2. The number of thioether (sulfide) groups is 1. The van der Waals surface area contributed by atoms with E-state index in [0.29, 0.717) is 0 Å². The van der Waals surface area contributed by atoms with E-state index in [1.54, 1.807) is 11.8 Å². The van der Waals surface area contributed by atoms with Crippen LogP contribution in [0.1, 0.15) is 18.7 Å². The van der Waals surface area contributed by atoms with Crippen LogP contribution in [0.3, 0.4) is 0 Å². The fraction of sp³-hybridized carbons (Fsp3) is 0.308. The van der Waals surface area contributed by atoms with Crippen molar-refractivity contribution in [2.75, 3.05) is 5.75 Å². The van der Waals surface area contributed by atoms with Crippen molar-refractivity contribution in [1.82, 2.24) is 15.2 Å². The molecule has 0 saturated heterocycles. The lowest BCUT2D eigenvalue weighted by atomic mass is 10.2. The van der Waals surface area contributed by atoms with Crippen molar-refractivity contribution in [2.24, 2.45) is 5.84 Å². The number of benzene rings is 1. The molecule has 0 amide bonds. The second-order valence-corrected chi connectivity index (χ2v) is 7.04. The fourth-order valence-corrected chi connectivity index (χ4v) is 4.03. The Balaban J connectivity index is 2.11. The zero-order valence-corrected chi connectivity index (χ0v) is 15.0. The van der Waals surface area contributed by atoms with Crippen molar-refractivity contribution in [3.8, 4) is 0 Å². The molecule has 2 aromatic rings. The molecule has 108 valence electrons. The minimum atomic E-state index is 0.0378. The predicted molar refractivity (Wildman–Crippen MR) is 90.5 cm³/mol. The number of nitrogens with zero attached hydrogens (tertiary/aromatic N) is 2. The highest BCUT2D eigenvalue weighted by atomic mass is 79.9. The van der Waals surface area contributed by atoms with E-state index in [4.69, 9.17) is 5.84 Å². The molecule has 1 unspecified atom stereocenters. The molecule has 0 spiro atoms. The Hall–Kier alpha value is -0.340. The molecule has 2 rings (SSSR count). The maximum atomic E-state index is 5.72. The van der Waals surface area contributed by atoms with Crippen molar-refractivity contribution in [2.45, 2.75) is 24.4 Å². The average Bonchev–Trinajstić information content (AvgIpc) is 2.81. The molecule has 3 N–H and O–H groups in total. The van der Waals surface area contributed by atoms with Gasteiger partial charge in [-0.25, -0.2) is 0 Å². The number of aryl methyl sites for hydroxylation is 1. The normalized spacial score (nSPS) is 12.6. The largest absolute Gasteiger partial charge is 0.271 e. The van der Waals surface area contributed by atoms with Gasteiger partial charge in [0.15, 0.2) is 0 Å². The first-order chi connectivity index (χ1) is 9.65. The monoisotopic (exact) mass is 418 g/mol. The van der Waals surface area contributed by atoms with E-state index < -0.39 is 0 Å². The zero-order valence-electron chi connectivity index (χ0n) is 11.0. The van der Waals surface area contributed by atoms with Crippen LogP contribution in [0.2, 0.25) is 0 Å². The molecule has 1 aromatic carbocycles. The first kappa shape index (κ1) is 16.0. The van der Waals surface area contributed by atoms with Crippen LogP contribution in [0.4, 0.5) is 0 Å². The predicted octanol–water partition coefficient (Wildman–Crippen LogP) is 3.72. The van der Waals surface area contributed by atoms with E-state index in [0.717, 1.165) is 26.9 Å². The van der Waals surface area contributed by atoms with Gasteiger partial charge in [-0.15, -0.1) is 11.8 Å². The molecular weight excluding hydrogens is 404 g/mol. The van der Waals surface area contributed by atoms with Crippen molar-refractivity contribution < 1.29 is 0 Å². The standard InChI is InChI=1S/C13H16Br2N4S/c1-2-19-13(11(15)7-17-19)12(18-16)8-20-10-5-3-4-9(14)6-10/h3-7,12,18H,2,8,16H2,1H3. The highest BCUT2D eigenvalue weighted by molar-refractivity contribution is 9.10. The Morgan fingerprint density at radius 1 is 1.45 bits per heavy atom. The third kappa shape index (κ3) is 3.85. The van der Waals surface area contributed by atoms with Crippen LogP contribution in [-0.2, 0) is 6.54 Å². The molecule has 0 aliphatic rings. The lowest BCUT2D eigenvalue weighted by molar-refractivity contribution is 0.526. The Morgan fingerprint density at radius 3 is 2.90 bits per heavy atom. The molecule has 0 aliphatic heterocycles. The summed E-state index contributed by atoms with van der Waals surface area (Å²) >= 11 is 8.78. The number of nitrogens with one attached hydrogen (secondary N) is 1. The molecule has 0 aliphatic carbocycles. The van der Waals surface area contributed by atoms with E-state index in [-0.39, 0.29) is 6.04 Å². The molecule has 0 saturated carbocycles. The summed E-state index contributed by atoms with van der Waals surface area (Å²) < 4.78 is 4.02. The number of halogens is 2. The lowest BCUT2D eigenvalue weighted by Gasteiger charge is -2.17. The summed E-state index contributed by atoms with van der Waals surface area (Å²) in [6.07, 6.45) is 1.81. The van der Waals surface area contributed by atoms with Gasteiger partial charge in [-0.2, -0.15) is 5.10 Å². The van der Waals surface area contributed by atoms with E-state index in [9.17, 15) is 0 Å². The van der Waals surface area contributed by atoms with Crippen molar-refractivity contribution >= 4 is 43.6 Å². The molecular formula is C13H16Br2N4S. The highest BCUT2D eigenvalue weighted by Crippen LogP contribution is 2.29. The SMILES string of the molecule is CCn1ncc(Br)c1C(CSc1cccc(Br)c1)NN. The summed E-state index contributed by atoms with van der Waals surface area (Å²) in [5.74, 6) is 6.55. The third-order valence-electron chi connectivity index (χ3n) is 2.88. The molecule has 0 fully saturated rings. The molecule has 0 bridgehead atoms. The number of nitrogens with two attached hydrogens (primary N) is 1. The maximum Gasteiger partial charge on any atom is 0.0734 e. The molecule has 1 aromatic heterocycles. The second-order valence-electron chi connectivity index (χ2n) is 4.18. The fourth-order valence-electron chi connectivity index (χ4n) is 1.91. The van der Waals surface area contributed by atoms with Crippen molar-refractivity contribution in [1.29, 1.82) is 0 Å². The lowest BCUT2D eigenvalue weighted by Crippen LogP contribution is -2.31. The van der Waals surface area contributed by atoms with Crippen LogP contribution in [0.15, 0.2) is 44.3 Å². The average molecular weight is 420 g/mol. The van der Waals surface area contributed by atoms with Crippen LogP contribution >= 0.6 is 43.6 Å².